The van der Waals surface area contributed by atoms with E-state index in [0.717, 1.165) is 46.5 Å². The van der Waals surface area contributed by atoms with Crippen LogP contribution in [0.2, 0.25) is 0 Å². The zero-order chi connectivity index (χ0) is 54.7. The van der Waals surface area contributed by atoms with E-state index in [2.05, 4.69) is 35.0 Å². The van der Waals surface area contributed by atoms with Crippen LogP contribution in [-0.2, 0) is 95.1 Å². The number of hydrogen-bond donors (Lipinski definition) is 1. The summed E-state index contributed by atoms with van der Waals surface area (Å²) < 4.78 is 63.9. The average molecular weight is 1070 g/mol. The lowest BCUT2D eigenvalue weighted by molar-refractivity contribution is -0.208. The molecule has 1 N–H and O–H groups in total. The minimum Gasteiger partial charge on any atom is -0.481 e. The number of cyclic esters (lactones) is 3. The molecule has 0 saturated carbocycles. The highest BCUT2D eigenvalue weighted by Crippen LogP contribution is 2.67. The van der Waals surface area contributed by atoms with Crippen LogP contribution in [0.25, 0.3) is 0 Å². The van der Waals surface area contributed by atoms with Crippen molar-refractivity contribution in [2.75, 3.05) is 27.2 Å². The molecule has 0 aromatic heterocycles. The van der Waals surface area contributed by atoms with Gasteiger partial charge in [-0.2, -0.15) is 0 Å². The van der Waals surface area contributed by atoms with Gasteiger partial charge in [0.25, 0.3) is 0 Å². The highest BCUT2D eigenvalue weighted by molar-refractivity contribution is 5.85. The van der Waals surface area contributed by atoms with Crippen LogP contribution in [0.4, 0.5) is 0 Å². The van der Waals surface area contributed by atoms with Crippen molar-refractivity contribution in [1.29, 1.82) is 0 Å². The van der Waals surface area contributed by atoms with Crippen LogP contribution < -0.4 is 9.47 Å². The topological polar surface area (TPSA) is 231 Å². The summed E-state index contributed by atoms with van der Waals surface area (Å²) in [5.41, 5.74) is 2.63. The third-order valence-corrected chi connectivity index (χ3v) is 18.0. The van der Waals surface area contributed by atoms with E-state index >= 15 is 0 Å². The van der Waals surface area contributed by atoms with Crippen LogP contribution in [0.15, 0.2) is 47.9 Å². The molecule has 2 spiro atoms. The third-order valence-electron chi connectivity index (χ3n) is 18.0. The Bertz CT molecular complexity index is 3020. The zero-order valence-electron chi connectivity index (χ0n) is 45.1. The van der Waals surface area contributed by atoms with E-state index in [4.69, 9.17) is 52.1 Å². The maximum atomic E-state index is 13.7. The zero-order valence-corrected chi connectivity index (χ0v) is 45.1. The summed E-state index contributed by atoms with van der Waals surface area (Å²) in [6.45, 7) is 15.2. The summed E-state index contributed by atoms with van der Waals surface area (Å²) >= 11 is 0. The van der Waals surface area contributed by atoms with Gasteiger partial charge in [-0.1, -0.05) is 24.3 Å². The van der Waals surface area contributed by atoms with Crippen molar-refractivity contribution in [2.45, 2.75) is 195 Å². The number of likely N-dealkylation sites (tertiary alicyclic amines) is 2. The van der Waals surface area contributed by atoms with Crippen molar-refractivity contribution in [3.8, 4) is 11.5 Å². The largest absolute Gasteiger partial charge is 0.481 e. The first-order valence-electron chi connectivity index (χ1n) is 26.7. The predicted octanol–water partition coefficient (Wildman–Crippen LogP) is 4.39. The highest BCUT2D eigenvalue weighted by Gasteiger charge is 2.75. The fourth-order valence-corrected chi connectivity index (χ4v) is 14.9. The van der Waals surface area contributed by atoms with Gasteiger partial charge in [-0.25, -0.2) is 14.4 Å². The van der Waals surface area contributed by atoms with Crippen molar-refractivity contribution < 1.29 is 86.0 Å². The van der Waals surface area contributed by atoms with Crippen molar-refractivity contribution >= 4 is 35.8 Å². The monoisotopic (exact) mass is 1070 g/mol. The number of likely N-dealkylation sites (N-methyl/N-ethyl adjacent to an activating group) is 2. The van der Waals surface area contributed by atoms with Crippen molar-refractivity contribution in [3.63, 3.8) is 0 Å². The van der Waals surface area contributed by atoms with E-state index in [1.165, 1.54) is 5.56 Å². The SMILES string of the molecule is Cc1ccc2c3c1O[C@H]1C(OC(=O)C[C@@H]4OC(C)(C)OC4=O)=CC[C@@]4(O)[C@@H](C2)N(C)CC[C@]314.Cc1ccc2c3c1O[C@H]1C(OC(=O)C[C@@H]4OC(C)(C)OC4=O)=CC[C@@]4(OC(=O)C[C@@H]5OC(C)(C)OC5=O)[C@@H](C2)N(C)CC[C@]314. The molecule has 2 aromatic rings. The summed E-state index contributed by atoms with van der Waals surface area (Å²) in [5.74, 6) is -4.72. The van der Waals surface area contributed by atoms with Gasteiger partial charge in [0, 0.05) is 71.6 Å². The number of carbonyl (C=O) groups excluding carboxylic acids is 6. The molecule has 11 atom stereocenters. The Kier molecular flexibility index (Phi) is 11.6. The van der Waals surface area contributed by atoms with Crippen LogP contribution in [0.5, 0.6) is 11.5 Å². The molecule has 7 aliphatic heterocycles. The number of rotatable bonds is 9. The molecule has 7 heterocycles. The van der Waals surface area contributed by atoms with Crippen molar-refractivity contribution in [3.05, 3.63) is 81.3 Å². The van der Waals surface area contributed by atoms with Crippen LogP contribution >= 0.6 is 0 Å². The van der Waals surface area contributed by atoms with Gasteiger partial charge in [0.2, 0.25) is 17.4 Å². The second-order valence-corrected chi connectivity index (χ2v) is 24.1. The molecule has 0 radical (unpaired) electrons. The predicted molar refractivity (Wildman–Crippen MR) is 264 cm³/mol. The van der Waals surface area contributed by atoms with E-state index in [9.17, 15) is 33.9 Å². The number of benzene rings is 2. The number of piperidine rings is 2. The Balaban J connectivity index is 0.000000161. The van der Waals surface area contributed by atoms with Crippen LogP contribution in [-0.4, -0.2) is 149 Å². The molecule has 4 bridgehead atoms. The Labute approximate surface area is 445 Å². The van der Waals surface area contributed by atoms with E-state index in [0.29, 0.717) is 49.5 Å². The van der Waals surface area contributed by atoms with Gasteiger partial charge < -0.3 is 62.1 Å². The fraction of sp³-hybridized carbons (Fsp3) is 0.614. The van der Waals surface area contributed by atoms with Gasteiger partial charge in [-0.15, -0.1) is 0 Å². The number of aliphatic hydroxyl groups is 1. The first kappa shape index (κ1) is 51.8. The lowest BCUT2D eigenvalue weighted by Gasteiger charge is -2.62. The molecule has 77 heavy (non-hydrogen) atoms. The van der Waals surface area contributed by atoms with Gasteiger partial charge in [-0.3, -0.25) is 19.3 Å². The van der Waals surface area contributed by atoms with Crippen LogP contribution in [0.3, 0.4) is 0 Å². The second-order valence-electron chi connectivity index (χ2n) is 24.1. The number of esters is 6. The fourth-order valence-electron chi connectivity index (χ4n) is 14.9. The first-order valence-corrected chi connectivity index (χ1v) is 26.7. The summed E-state index contributed by atoms with van der Waals surface area (Å²) in [5, 5.41) is 12.2. The Morgan fingerprint density at radius 3 is 1.49 bits per heavy atom. The van der Waals surface area contributed by atoms with E-state index in [1.54, 1.807) is 53.7 Å². The summed E-state index contributed by atoms with van der Waals surface area (Å²) in [6.07, 6.45) is 1.44. The molecule has 13 rings (SSSR count). The first-order chi connectivity index (χ1) is 36.2. The molecule has 20 nitrogen and oxygen atoms in total. The van der Waals surface area contributed by atoms with Gasteiger partial charge in [0.1, 0.15) is 28.6 Å². The number of aryl methyl sites for hydroxylation is 2. The molecule has 5 saturated heterocycles. The van der Waals surface area contributed by atoms with Crippen molar-refractivity contribution in [2.24, 2.45) is 0 Å². The minimum atomic E-state index is -1.13. The number of ether oxygens (including phenoxy) is 11. The average Bonchev–Trinajstić information content (AvgIpc) is 4.28. The molecule has 0 amide bonds. The number of nitrogens with zero attached hydrogens (tertiary/aromatic N) is 2. The Morgan fingerprint density at radius 1 is 0.597 bits per heavy atom. The van der Waals surface area contributed by atoms with E-state index < -0.39 is 106 Å². The smallest absolute Gasteiger partial charge is 0.338 e. The maximum absolute atomic E-state index is 13.7. The van der Waals surface area contributed by atoms with Gasteiger partial charge in [0.05, 0.1) is 41.7 Å². The quantitative estimate of drug-likeness (QED) is 0.271. The van der Waals surface area contributed by atoms with E-state index in [-0.39, 0.29) is 37.8 Å². The molecule has 20 heteroatoms. The van der Waals surface area contributed by atoms with Crippen LogP contribution in [0.1, 0.15) is 120 Å². The highest BCUT2D eigenvalue weighted by atomic mass is 16.8. The standard InChI is InChI=1S/C32H37NO11.C25H29NO7/c1-16-7-8-17-13-21-32(42-23(35)15-20-28(37)44-30(4,5)41-20)10-9-18(38-22(34)14-19-27(36)43-29(2,3)40-19)26-31(32,11-12-33(21)6)24(17)25(16)39-26;1-13-5-6-14-11-17-25(29)8-7-15(30-18(27)12-16-22(28)33-23(2,3)32-16)21-24(25,9-10-26(17)4)19(14)20(13)31-21/h7-9,19-21,26H,10-15H2,1-6H3;5-7,16-17,21,29H,8-12H2,1-4H3/t19-,20-,21+,26-,31-,32+;16-,17+,21-,24-,25+/m00/s1. The minimum absolute atomic E-state index is 0.0455. The van der Waals surface area contributed by atoms with Crippen molar-refractivity contribution in [1.82, 2.24) is 9.80 Å². The molecule has 2 aromatic carbocycles. The number of hydrogen-bond acceptors (Lipinski definition) is 20. The van der Waals surface area contributed by atoms with Gasteiger partial charge in [0.15, 0.2) is 30.5 Å². The summed E-state index contributed by atoms with van der Waals surface area (Å²) in [6, 6.07) is 8.05. The van der Waals surface area contributed by atoms with Crippen LogP contribution in [0, 0.1) is 13.8 Å². The Morgan fingerprint density at radius 2 is 1.01 bits per heavy atom. The number of carbonyl (C=O) groups is 6. The maximum Gasteiger partial charge on any atom is 0.338 e. The van der Waals surface area contributed by atoms with Gasteiger partial charge in [-0.05, 0) is 101 Å². The molecular weight excluding hydrogens is 1000 g/mol. The molecule has 0 unspecified atom stereocenters. The summed E-state index contributed by atoms with van der Waals surface area (Å²) in [4.78, 5) is 81.0. The molecule has 412 valence electrons. The Hall–Kier alpha value is -5.90. The normalized spacial score (nSPS) is 36.5. The van der Waals surface area contributed by atoms with Gasteiger partial charge >= 0.3 is 35.8 Å². The lowest BCUT2D eigenvalue weighted by Crippen LogP contribution is -2.75. The summed E-state index contributed by atoms with van der Waals surface area (Å²) in [7, 11) is 4.07. The molecule has 4 aliphatic carbocycles. The third kappa shape index (κ3) is 7.73. The van der Waals surface area contributed by atoms with E-state index in [1.807, 2.05) is 27.0 Å². The molecule has 11 aliphatic rings. The molecule has 5 fully saturated rings. The lowest BCUT2D eigenvalue weighted by atomic mass is 9.50. The second kappa shape index (κ2) is 17.3. The molecular formula is C57H66N2O18.